The minimum atomic E-state index is -0.113. The van der Waals surface area contributed by atoms with E-state index in [2.05, 4.69) is 24.1 Å². The van der Waals surface area contributed by atoms with Gasteiger partial charge in [0, 0.05) is 12.1 Å². The third kappa shape index (κ3) is 3.45. The van der Waals surface area contributed by atoms with Crippen molar-refractivity contribution in [2.24, 2.45) is 0 Å². The molecule has 0 radical (unpaired) electrons. The number of nitrogens with zero attached hydrogens (tertiary/aromatic N) is 1. The van der Waals surface area contributed by atoms with Crippen molar-refractivity contribution in [3.8, 4) is 0 Å². The van der Waals surface area contributed by atoms with Gasteiger partial charge in [0.2, 0.25) is 5.91 Å². The molecular weight excluding hydrogens is 242 g/mol. The summed E-state index contributed by atoms with van der Waals surface area (Å²) in [5.41, 5.74) is 6.94. The summed E-state index contributed by atoms with van der Waals surface area (Å²) < 4.78 is 5.44. The molecule has 1 heterocycles. The van der Waals surface area contributed by atoms with Crippen molar-refractivity contribution in [2.75, 3.05) is 37.4 Å². The van der Waals surface area contributed by atoms with Gasteiger partial charge in [-0.15, -0.1) is 0 Å². The van der Waals surface area contributed by atoms with E-state index in [4.69, 9.17) is 10.5 Å². The van der Waals surface area contributed by atoms with Gasteiger partial charge in [0.25, 0.3) is 0 Å². The summed E-state index contributed by atoms with van der Waals surface area (Å²) in [7, 11) is 0. The number of benzene rings is 1. The molecule has 0 saturated carbocycles. The molecule has 5 heteroatoms. The molecule has 19 heavy (non-hydrogen) atoms. The number of nitrogen functional groups attached to an aromatic ring is 1. The number of rotatable bonds is 3. The molecule has 0 aliphatic carbocycles. The van der Waals surface area contributed by atoms with Crippen molar-refractivity contribution < 1.29 is 9.53 Å². The van der Waals surface area contributed by atoms with E-state index in [0.29, 0.717) is 31.1 Å². The predicted octanol–water partition coefficient (Wildman–Crippen LogP) is 1.32. The quantitative estimate of drug-likeness (QED) is 0.807. The molecule has 1 saturated heterocycles. The van der Waals surface area contributed by atoms with Crippen LogP contribution in [0.4, 0.5) is 11.4 Å². The Balaban J connectivity index is 1.96. The summed E-state index contributed by atoms with van der Waals surface area (Å²) in [6, 6.07) is 7.27. The van der Waals surface area contributed by atoms with Gasteiger partial charge in [-0.3, -0.25) is 9.69 Å². The van der Waals surface area contributed by atoms with E-state index in [1.54, 1.807) is 12.1 Å². The second-order valence-electron chi connectivity index (χ2n) is 5.42. The van der Waals surface area contributed by atoms with Crippen LogP contribution in [-0.4, -0.2) is 42.6 Å². The van der Waals surface area contributed by atoms with Gasteiger partial charge in [0.1, 0.15) is 0 Å². The molecule has 0 spiro atoms. The molecule has 5 nitrogen and oxygen atoms in total. The van der Waals surface area contributed by atoms with Crippen LogP contribution < -0.4 is 11.1 Å². The second-order valence-corrected chi connectivity index (χ2v) is 5.42. The molecule has 1 aliphatic heterocycles. The van der Waals surface area contributed by atoms with E-state index >= 15 is 0 Å². The maximum absolute atomic E-state index is 12.1. The summed E-state index contributed by atoms with van der Waals surface area (Å²) >= 11 is 0. The number of carbonyl (C=O) groups is 1. The number of carbonyl (C=O) groups excluding carboxylic acids is 1. The average Bonchev–Trinajstić information content (AvgIpc) is 2.35. The first-order valence-electron chi connectivity index (χ1n) is 6.46. The summed E-state index contributed by atoms with van der Waals surface area (Å²) in [6.45, 7) is 6.60. The highest BCUT2D eigenvalue weighted by molar-refractivity contribution is 5.95. The summed E-state index contributed by atoms with van der Waals surface area (Å²) in [4.78, 5) is 14.2. The lowest BCUT2D eigenvalue weighted by Crippen LogP contribution is -2.55. The van der Waals surface area contributed by atoms with Gasteiger partial charge < -0.3 is 15.8 Å². The number of nitrogens with two attached hydrogens (primary N) is 1. The Morgan fingerprint density at radius 2 is 2.21 bits per heavy atom. The van der Waals surface area contributed by atoms with Crippen molar-refractivity contribution in [3.63, 3.8) is 0 Å². The first-order chi connectivity index (χ1) is 8.99. The third-order valence-electron chi connectivity index (χ3n) is 3.39. The van der Waals surface area contributed by atoms with Crippen LogP contribution in [0, 0.1) is 0 Å². The molecule has 0 bridgehead atoms. The molecule has 1 fully saturated rings. The zero-order valence-corrected chi connectivity index (χ0v) is 11.5. The minimum Gasteiger partial charge on any atom is -0.397 e. The van der Waals surface area contributed by atoms with Crippen LogP contribution in [-0.2, 0) is 9.53 Å². The number of amides is 1. The van der Waals surface area contributed by atoms with E-state index < -0.39 is 0 Å². The van der Waals surface area contributed by atoms with Crippen molar-refractivity contribution in [2.45, 2.75) is 19.4 Å². The van der Waals surface area contributed by atoms with E-state index in [9.17, 15) is 4.79 Å². The van der Waals surface area contributed by atoms with Gasteiger partial charge in [-0.1, -0.05) is 12.1 Å². The summed E-state index contributed by atoms with van der Waals surface area (Å²) in [6.07, 6.45) is 0. The van der Waals surface area contributed by atoms with Crippen molar-refractivity contribution >= 4 is 17.3 Å². The molecule has 3 N–H and O–H groups in total. The standard InChI is InChI=1S/C14H21N3O2/c1-14(2)10-19-8-7-17(14)9-13(18)16-12-6-4-3-5-11(12)15/h3-6H,7-10,15H2,1-2H3,(H,16,18). The fourth-order valence-corrected chi connectivity index (χ4v) is 2.16. The Kier molecular flexibility index (Phi) is 4.07. The van der Waals surface area contributed by atoms with Crippen LogP contribution in [0.3, 0.4) is 0 Å². The molecule has 0 unspecified atom stereocenters. The van der Waals surface area contributed by atoms with Crippen molar-refractivity contribution in [3.05, 3.63) is 24.3 Å². The number of para-hydroxylation sites is 2. The Hall–Kier alpha value is -1.59. The number of hydrogen-bond donors (Lipinski definition) is 2. The van der Waals surface area contributed by atoms with Crippen LogP contribution in [0.5, 0.6) is 0 Å². The fourth-order valence-electron chi connectivity index (χ4n) is 2.16. The number of hydrogen-bond acceptors (Lipinski definition) is 4. The normalized spacial score (nSPS) is 19.1. The van der Waals surface area contributed by atoms with E-state index in [1.807, 2.05) is 12.1 Å². The lowest BCUT2D eigenvalue weighted by molar-refractivity contribution is -0.122. The molecule has 1 aromatic carbocycles. The van der Waals surface area contributed by atoms with Gasteiger partial charge >= 0.3 is 0 Å². The van der Waals surface area contributed by atoms with E-state index in [1.165, 1.54) is 0 Å². The molecule has 1 aliphatic rings. The maximum Gasteiger partial charge on any atom is 0.238 e. The Morgan fingerprint density at radius 1 is 1.47 bits per heavy atom. The van der Waals surface area contributed by atoms with Crippen molar-refractivity contribution in [1.82, 2.24) is 4.90 Å². The number of nitrogens with one attached hydrogen (secondary N) is 1. The Morgan fingerprint density at radius 3 is 2.89 bits per heavy atom. The van der Waals surface area contributed by atoms with Gasteiger partial charge in [-0.2, -0.15) is 0 Å². The minimum absolute atomic E-state index is 0.0483. The lowest BCUT2D eigenvalue weighted by atomic mass is 10.0. The smallest absolute Gasteiger partial charge is 0.238 e. The van der Waals surface area contributed by atoms with Crippen LogP contribution in [0.15, 0.2) is 24.3 Å². The maximum atomic E-state index is 12.1. The first kappa shape index (κ1) is 13.8. The van der Waals surface area contributed by atoms with Crippen molar-refractivity contribution in [1.29, 1.82) is 0 Å². The summed E-state index contributed by atoms with van der Waals surface area (Å²) in [5, 5.41) is 2.85. The van der Waals surface area contributed by atoms with Crippen LogP contribution in [0.1, 0.15) is 13.8 Å². The Labute approximate surface area is 113 Å². The monoisotopic (exact) mass is 263 g/mol. The van der Waals surface area contributed by atoms with E-state index in [0.717, 1.165) is 6.54 Å². The molecular formula is C14H21N3O2. The topological polar surface area (TPSA) is 67.6 Å². The molecule has 0 aromatic heterocycles. The third-order valence-corrected chi connectivity index (χ3v) is 3.39. The van der Waals surface area contributed by atoms with E-state index in [-0.39, 0.29) is 11.4 Å². The fraction of sp³-hybridized carbons (Fsp3) is 0.500. The number of anilines is 2. The van der Waals surface area contributed by atoms with Gasteiger partial charge in [-0.05, 0) is 26.0 Å². The second kappa shape index (κ2) is 5.59. The average molecular weight is 263 g/mol. The Bertz CT molecular complexity index is 460. The molecule has 2 rings (SSSR count). The first-order valence-corrected chi connectivity index (χ1v) is 6.46. The molecule has 0 atom stereocenters. The van der Waals surface area contributed by atoms with Crippen LogP contribution >= 0.6 is 0 Å². The van der Waals surface area contributed by atoms with Gasteiger partial charge in [-0.25, -0.2) is 0 Å². The highest BCUT2D eigenvalue weighted by Gasteiger charge is 2.31. The molecule has 1 aromatic rings. The molecule has 1 amide bonds. The SMILES string of the molecule is CC1(C)COCCN1CC(=O)Nc1ccccc1N. The molecule has 104 valence electrons. The zero-order valence-electron chi connectivity index (χ0n) is 11.5. The largest absolute Gasteiger partial charge is 0.397 e. The van der Waals surface area contributed by atoms with Crippen LogP contribution in [0.25, 0.3) is 0 Å². The highest BCUT2D eigenvalue weighted by atomic mass is 16.5. The lowest BCUT2D eigenvalue weighted by Gasteiger charge is -2.41. The highest BCUT2D eigenvalue weighted by Crippen LogP contribution is 2.20. The van der Waals surface area contributed by atoms with Gasteiger partial charge in [0.05, 0.1) is 31.1 Å². The number of ether oxygens (including phenoxy) is 1. The zero-order chi connectivity index (χ0) is 13.9. The number of morpholine rings is 1. The summed E-state index contributed by atoms with van der Waals surface area (Å²) in [5.74, 6) is -0.0483. The predicted molar refractivity (Wildman–Crippen MR) is 76.0 cm³/mol. The van der Waals surface area contributed by atoms with Crippen LogP contribution in [0.2, 0.25) is 0 Å². The van der Waals surface area contributed by atoms with Gasteiger partial charge in [0.15, 0.2) is 0 Å².